The van der Waals surface area contributed by atoms with Crippen molar-refractivity contribution in [3.05, 3.63) is 53.6 Å². The molecule has 0 aliphatic carbocycles. The van der Waals surface area contributed by atoms with Crippen LogP contribution < -0.4 is 0 Å². The van der Waals surface area contributed by atoms with Gasteiger partial charge >= 0.3 is 5.97 Å². The van der Waals surface area contributed by atoms with Crippen molar-refractivity contribution in [3.8, 4) is 11.5 Å². The van der Waals surface area contributed by atoms with Crippen LogP contribution in [-0.4, -0.2) is 18.1 Å². The van der Waals surface area contributed by atoms with E-state index in [9.17, 15) is 4.79 Å². The Labute approximate surface area is 129 Å². The molecule has 0 radical (unpaired) electrons. The van der Waals surface area contributed by atoms with Crippen LogP contribution in [0.5, 0.6) is 0 Å². The number of halogens is 1. The molecule has 21 heavy (non-hydrogen) atoms. The van der Waals surface area contributed by atoms with Crippen molar-refractivity contribution in [1.29, 1.82) is 0 Å². The minimum atomic E-state index is -0.421. The molecule has 3 aromatic rings. The third-order valence-corrected chi connectivity index (χ3v) is 3.83. The minimum Gasteiger partial charge on any atom is -0.465 e. The van der Waals surface area contributed by atoms with E-state index in [0.29, 0.717) is 22.6 Å². The van der Waals surface area contributed by atoms with Gasteiger partial charge < -0.3 is 9.15 Å². The summed E-state index contributed by atoms with van der Waals surface area (Å²) in [5, 5.41) is 0.799. The fraction of sp³-hybridized carbons (Fsp3) is 0.125. The molecule has 5 heteroatoms. The minimum absolute atomic E-state index is 0.405. The first-order valence-electron chi connectivity index (χ1n) is 6.36. The normalized spacial score (nSPS) is 10.8. The number of carbonyl (C=O) groups is 1. The fourth-order valence-electron chi connectivity index (χ4n) is 2.08. The van der Waals surface area contributed by atoms with E-state index in [0.717, 1.165) is 10.9 Å². The average Bonchev–Trinajstić information content (AvgIpc) is 2.98. The second-order valence-electron chi connectivity index (χ2n) is 4.49. The van der Waals surface area contributed by atoms with Gasteiger partial charge in [0.05, 0.1) is 12.7 Å². The molecule has 2 aromatic carbocycles. The standard InChI is InChI=1S/C16H12BrNO3/c1-20-16(19)12-3-2-4-13-14(12)18-15(21-13)11-7-5-10(9-17)6-8-11/h2-8H,9H2,1H3. The van der Waals surface area contributed by atoms with Gasteiger partial charge in [-0.2, -0.15) is 0 Å². The highest BCUT2D eigenvalue weighted by molar-refractivity contribution is 9.08. The number of hydrogen-bond donors (Lipinski definition) is 0. The van der Waals surface area contributed by atoms with E-state index in [1.165, 1.54) is 12.7 Å². The molecule has 0 spiro atoms. The summed E-state index contributed by atoms with van der Waals surface area (Å²) in [6.07, 6.45) is 0. The molecular weight excluding hydrogens is 334 g/mol. The van der Waals surface area contributed by atoms with Crippen molar-refractivity contribution in [3.63, 3.8) is 0 Å². The number of ether oxygens (including phenoxy) is 1. The molecule has 106 valence electrons. The SMILES string of the molecule is COC(=O)c1cccc2oc(-c3ccc(CBr)cc3)nc12. The van der Waals surface area contributed by atoms with Crippen LogP contribution in [0.4, 0.5) is 0 Å². The zero-order chi connectivity index (χ0) is 14.8. The third kappa shape index (κ3) is 2.56. The first kappa shape index (κ1) is 13.8. The number of carbonyl (C=O) groups excluding carboxylic acids is 1. The molecule has 4 nitrogen and oxygen atoms in total. The van der Waals surface area contributed by atoms with Gasteiger partial charge in [0.1, 0.15) is 5.52 Å². The van der Waals surface area contributed by atoms with Gasteiger partial charge in [0.2, 0.25) is 5.89 Å². The average molecular weight is 346 g/mol. The number of oxazole rings is 1. The molecule has 0 saturated carbocycles. The number of rotatable bonds is 3. The predicted molar refractivity (Wildman–Crippen MR) is 83.4 cm³/mol. The Kier molecular flexibility index (Phi) is 3.75. The van der Waals surface area contributed by atoms with Gasteiger partial charge in [-0.1, -0.05) is 34.1 Å². The lowest BCUT2D eigenvalue weighted by Gasteiger charge is -1.98. The Morgan fingerprint density at radius 3 is 2.67 bits per heavy atom. The summed E-state index contributed by atoms with van der Waals surface area (Å²) < 4.78 is 10.5. The highest BCUT2D eigenvalue weighted by atomic mass is 79.9. The third-order valence-electron chi connectivity index (χ3n) is 3.18. The number of benzene rings is 2. The maximum Gasteiger partial charge on any atom is 0.340 e. The molecule has 0 bridgehead atoms. The van der Waals surface area contributed by atoms with E-state index in [4.69, 9.17) is 9.15 Å². The molecule has 0 fully saturated rings. The summed E-state index contributed by atoms with van der Waals surface area (Å²) in [5.74, 6) is 0.0672. The summed E-state index contributed by atoms with van der Waals surface area (Å²) in [6.45, 7) is 0. The Hall–Kier alpha value is -2.14. The zero-order valence-electron chi connectivity index (χ0n) is 11.3. The van der Waals surface area contributed by atoms with Crippen molar-refractivity contribution in [1.82, 2.24) is 4.98 Å². The molecule has 0 aliphatic rings. The van der Waals surface area contributed by atoms with Crippen molar-refractivity contribution in [2.75, 3.05) is 7.11 Å². The van der Waals surface area contributed by atoms with Gasteiger partial charge in [-0.25, -0.2) is 9.78 Å². The van der Waals surface area contributed by atoms with E-state index in [1.54, 1.807) is 18.2 Å². The highest BCUT2D eigenvalue weighted by Crippen LogP contribution is 2.27. The van der Waals surface area contributed by atoms with Crippen LogP contribution in [0.2, 0.25) is 0 Å². The lowest BCUT2D eigenvalue weighted by molar-refractivity contribution is 0.0603. The maximum absolute atomic E-state index is 11.7. The largest absolute Gasteiger partial charge is 0.465 e. The van der Waals surface area contributed by atoms with Gasteiger partial charge in [0, 0.05) is 10.9 Å². The Bertz CT molecular complexity index is 793. The molecule has 1 aromatic heterocycles. The molecule has 0 unspecified atom stereocenters. The first-order valence-corrected chi connectivity index (χ1v) is 7.48. The summed E-state index contributed by atoms with van der Waals surface area (Å²) in [5.41, 5.74) is 3.53. The first-order chi connectivity index (χ1) is 10.2. The monoisotopic (exact) mass is 345 g/mol. The van der Waals surface area contributed by atoms with Crippen LogP contribution in [0.3, 0.4) is 0 Å². The fourth-order valence-corrected chi connectivity index (χ4v) is 2.46. The summed E-state index contributed by atoms with van der Waals surface area (Å²) in [4.78, 5) is 16.2. The van der Waals surface area contributed by atoms with Crippen LogP contribution in [0.25, 0.3) is 22.6 Å². The molecule has 0 aliphatic heterocycles. The number of hydrogen-bond acceptors (Lipinski definition) is 4. The number of nitrogens with zero attached hydrogens (tertiary/aromatic N) is 1. The smallest absolute Gasteiger partial charge is 0.340 e. The van der Waals surface area contributed by atoms with Gasteiger partial charge in [0.25, 0.3) is 0 Å². The van der Waals surface area contributed by atoms with Gasteiger partial charge in [-0.15, -0.1) is 0 Å². The highest BCUT2D eigenvalue weighted by Gasteiger charge is 2.16. The van der Waals surface area contributed by atoms with Crippen LogP contribution >= 0.6 is 15.9 Å². The number of para-hydroxylation sites is 1. The van der Waals surface area contributed by atoms with Gasteiger partial charge in [0.15, 0.2) is 5.58 Å². The van der Waals surface area contributed by atoms with Crippen molar-refractivity contribution in [2.24, 2.45) is 0 Å². The number of alkyl halides is 1. The molecule has 0 atom stereocenters. The number of esters is 1. The lowest BCUT2D eigenvalue weighted by atomic mass is 10.1. The maximum atomic E-state index is 11.7. The van der Waals surface area contributed by atoms with E-state index in [2.05, 4.69) is 20.9 Å². The van der Waals surface area contributed by atoms with Crippen LogP contribution in [-0.2, 0) is 10.1 Å². The van der Waals surface area contributed by atoms with E-state index >= 15 is 0 Å². The van der Waals surface area contributed by atoms with Crippen LogP contribution in [0.15, 0.2) is 46.9 Å². The summed E-state index contributed by atoms with van der Waals surface area (Å²) in [6, 6.07) is 13.1. The second-order valence-corrected chi connectivity index (χ2v) is 5.05. The van der Waals surface area contributed by atoms with Gasteiger partial charge in [-0.3, -0.25) is 0 Å². The Balaban J connectivity index is 2.10. The van der Waals surface area contributed by atoms with Crippen molar-refractivity contribution >= 4 is 33.0 Å². The lowest BCUT2D eigenvalue weighted by Crippen LogP contribution is -2.01. The summed E-state index contributed by atoms with van der Waals surface area (Å²) in [7, 11) is 1.35. The predicted octanol–water partition coefficient (Wildman–Crippen LogP) is 4.18. The number of aromatic nitrogens is 1. The van der Waals surface area contributed by atoms with E-state index in [1.807, 2.05) is 24.3 Å². The molecular formula is C16H12BrNO3. The number of methoxy groups -OCH3 is 1. The van der Waals surface area contributed by atoms with E-state index in [-0.39, 0.29) is 0 Å². The van der Waals surface area contributed by atoms with Crippen LogP contribution in [0, 0.1) is 0 Å². The topological polar surface area (TPSA) is 52.3 Å². The van der Waals surface area contributed by atoms with E-state index < -0.39 is 5.97 Å². The molecule has 3 rings (SSSR count). The summed E-state index contributed by atoms with van der Waals surface area (Å²) >= 11 is 3.41. The molecule has 0 N–H and O–H groups in total. The molecule has 0 saturated heterocycles. The molecule has 1 heterocycles. The number of fused-ring (bicyclic) bond motifs is 1. The van der Waals surface area contributed by atoms with Crippen molar-refractivity contribution < 1.29 is 13.9 Å². The Morgan fingerprint density at radius 1 is 1.24 bits per heavy atom. The van der Waals surface area contributed by atoms with Crippen LogP contribution in [0.1, 0.15) is 15.9 Å². The quantitative estimate of drug-likeness (QED) is 0.527. The second kappa shape index (κ2) is 5.69. The zero-order valence-corrected chi connectivity index (χ0v) is 12.9. The van der Waals surface area contributed by atoms with Crippen molar-refractivity contribution in [2.45, 2.75) is 5.33 Å². The molecule has 0 amide bonds. The van der Waals surface area contributed by atoms with Gasteiger partial charge in [-0.05, 0) is 29.8 Å². The Morgan fingerprint density at radius 2 is 2.00 bits per heavy atom.